The number of thioether (sulfide) groups is 1. The van der Waals surface area contributed by atoms with Crippen LogP contribution in [0.5, 0.6) is 0 Å². The summed E-state index contributed by atoms with van der Waals surface area (Å²) in [6, 6.07) is 13.7. The highest BCUT2D eigenvalue weighted by atomic mass is 32.2. The zero-order valence-corrected chi connectivity index (χ0v) is 18.1. The Hall–Kier alpha value is -2.62. The lowest BCUT2D eigenvalue weighted by atomic mass is 10.2. The van der Waals surface area contributed by atoms with Crippen molar-refractivity contribution in [1.29, 1.82) is 0 Å². The maximum atomic E-state index is 12.7. The van der Waals surface area contributed by atoms with Gasteiger partial charge in [0.2, 0.25) is 15.8 Å². The summed E-state index contributed by atoms with van der Waals surface area (Å²) in [5, 5.41) is 1.17. The molecular weight excluding hydrogens is 424 g/mol. The average molecular weight is 445 g/mol. The Labute approximate surface area is 178 Å². The van der Waals surface area contributed by atoms with Crippen LogP contribution in [-0.2, 0) is 10.0 Å². The van der Waals surface area contributed by atoms with Gasteiger partial charge in [-0.1, -0.05) is 43.8 Å². The predicted octanol–water partition coefficient (Wildman–Crippen LogP) is 4.58. The SMILES string of the molecule is CCN(CC)S(=O)(=O)c1ccc2oc(SCC(=O)c3cc4ccccc4o3)nc2c1. The molecule has 7 nitrogen and oxygen atoms in total. The molecule has 0 saturated carbocycles. The van der Waals surface area contributed by atoms with Crippen LogP contribution < -0.4 is 0 Å². The number of fused-ring (bicyclic) bond motifs is 2. The molecule has 2 heterocycles. The fourth-order valence-electron chi connectivity index (χ4n) is 3.14. The van der Waals surface area contributed by atoms with Gasteiger partial charge in [-0.25, -0.2) is 13.4 Å². The Balaban J connectivity index is 1.52. The van der Waals surface area contributed by atoms with Crippen molar-refractivity contribution in [2.75, 3.05) is 18.8 Å². The number of para-hydroxylation sites is 1. The molecule has 0 aliphatic carbocycles. The van der Waals surface area contributed by atoms with Gasteiger partial charge in [-0.2, -0.15) is 4.31 Å². The van der Waals surface area contributed by atoms with Crippen LogP contribution in [0, 0.1) is 0 Å². The van der Waals surface area contributed by atoms with E-state index in [9.17, 15) is 13.2 Å². The molecule has 4 rings (SSSR count). The van der Waals surface area contributed by atoms with Crippen LogP contribution in [-0.4, -0.2) is 42.3 Å². The standard InChI is InChI=1S/C21H20N2O5S2/c1-3-23(4-2)30(25,26)15-9-10-19-16(12-15)22-21(28-19)29-13-17(24)20-11-14-7-5-6-8-18(14)27-20/h5-12H,3-4,13H2,1-2H3. The molecule has 0 N–H and O–H groups in total. The molecule has 2 aromatic carbocycles. The first kappa shape index (κ1) is 20.6. The van der Waals surface area contributed by atoms with Gasteiger partial charge in [0.05, 0.1) is 10.6 Å². The number of aromatic nitrogens is 1. The van der Waals surface area contributed by atoms with E-state index in [4.69, 9.17) is 8.83 Å². The van der Waals surface area contributed by atoms with Crippen LogP contribution >= 0.6 is 11.8 Å². The van der Waals surface area contributed by atoms with E-state index >= 15 is 0 Å². The number of hydrogen-bond acceptors (Lipinski definition) is 7. The summed E-state index contributed by atoms with van der Waals surface area (Å²) >= 11 is 1.14. The predicted molar refractivity (Wildman–Crippen MR) is 115 cm³/mol. The zero-order valence-electron chi connectivity index (χ0n) is 16.5. The van der Waals surface area contributed by atoms with Gasteiger partial charge < -0.3 is 8.83 Å². The first-order chi connectivity index (χ1) is 14.4. The molecule has 0 radical (unpaired) electrons. The number of furan rings is 1. The molecule has 0 aliphatic heterocycles. The van der Waals surface area contributed by atoms with Crippen molar-refractivity contribution < 1.29 is 22.0 Å². The van der Waals surface area contributed by atoms with Crippen molar-refractivity contribution in [2.45, 2.75) is 24.0 Å². The first-order valence-corrected chi connectivity index (χ1v) is 11.9. The Kier molecular flexibility index (Phi) is 5.68. The number of sulfonamides is 1. The van der Waals surface area contributed by atoms with Crippen molar-refractivity contribution in [1.82, 2.24) is 9.29 Å². The monoisotopic (exact) mass is 444 g/mol. The van der Waals surface area contributed by atoms with Gasteiger partial charge in [0.15, 0.2) is 11.3 Å². The van der Waals surface area contributed by atoms with Crippen LogP contribution in [0.3, 0.4) is 0 Å². The highest BCUT2D eigenvalue weighted by molar-refractivity contribution is 7.99. The fourth-order valence-corrected chi connectivity index (χ4v) is 5.33. The maximum Gasteiger partial charge on any atom is 0.257 e. The van der Waals surface area contributed by atoms with Gasteiger partial charge in [-0.15, -0.1) is 0 Å². The maximum absolute atomic E-state index is 12.7. The average Bonchev–Trinajstić information content (AvgIpc) is 3.35. The molecule has 4 aromatic rings. The summed E-state index contributed by atoms with van der Waals surface area (Å²) in [6.45, 7) is 4.37. The third kappa shape index (κ3) is 3.88. The molecule has 0 spiro atoms. The minimum atomic E-state index is -3.58. The first-order valence-electron chi connectivity index (χ1n) is 9.47. The molecule has 0 atom stereocenters. The molecule has 156 valence electrons. The lowest BCUT2D eigenvalue weighted by molar-refractivity contribution is 0.0994. The van der Waals surface area contributed by atoms with Crippen molar-refractivity contribution in [3.8, 4) is 0 Å². The lowest BCUT2D eigenvalue weighted by Gasteiger charge is -2.18. The molecule has 0 aliphatic rings. The molecule has 30 heavy (non-hydrogen) atoms. The molecule has 0 unspecified atom stereocenters. The van der Waals surface area contributed by atoms with E-state index < -0.39 is 10.0 Å². The highest BCUT2D eigenvalue weighted by Gasteiger charge is 2.23. The summed E-state index contributed by atoms with van der Waals surface area (Å²) in [6.07, 6.45) is 0. The summed E-state index contributed by atoms with van der Waals surface area (Å²) in [4.78, 5) is 17.0. The number of rotatable bonds is 8. The number of oxazole rings is 1. The largest absolute Gasteiger partial charge is 0.453 e. The second-order valence-corrected chi connectivity index (χ2v) is 9.42. The molecule has 0 fully saturated rings. The van der Waals surface area contributed by atoms with Gasteiger partial charge in [-0.05, 0) is 30.3 Å². The van der Waals surface area contributed by atoms with Crippen molar-refractivity contribution in [3.05, 3.63) is 54.3 Å². The Morgan fingerprint density at radius 1 is 1.03 bits per heavy atom. The van der Waals surface area contributed by atoms with Crippen LogP contribution in [0.4, 0.5) is 0 Å². The topological polar surface area (TPSA) is 93.6 Å². The number of carbonyl (C=O) groups excluding carboxylic acids is 1. The zero-order chi connectivity index (χ0) is 21.3. The van der Waals surface area contributed by atoms with Gasteiger partial charge in [0.1, 0.15) is 11.1 Å². The molecule has 0 saturated heterocycles. The minimum absolute atomic E-state index is 0.0945. The summed E-state index contributed by atoms with van der Waals surface area (Å²) in [5.74, 6) is 0.202. The Morgan fingerprint density at radius 2 is 1.80 bits per heavy atom. The number of ketones is 1. The van der Waals surface area contributed by atoms with E-state index in [-0.39, 0.29) is 22.2 Å². The number of Topliss-reactive ketones (excluding diaryl/α,β-unsaturated/α-hetero) is 1. The molecule has 9 heteroatoms. The second kappa shape index (κ2) is 8.25. The normalized spacial score (nSPS) is 12.2. The Morgan fingerprint density at radius 3 is 2.53 bits per heavy atom. The van der Waals surface area contributed by atoms with E-state index in [2.05, 4.69) is 4.98 Å². The lowest BCUT2D eigenvalue weighted by Crippen LogP contribution is -2.30. The van der Waals surface area contributed by atoms with Gasteiger partial charge >= 0.3 is 0 Å². The van der Waals surface area contributed by atoms with Crippen LogP contribution in [0.2, 0.25) is 0 Å². The van der Waals surface area contributed by atoms with Gasteiger partial charge in [-0.3, -0.25) is 4.79 Å². The highest BCUT2D eigenvalue weighted by Crippen LogP contribution is 2.28. The third-order valence-corrected chi connectivity index (χ3v) is 7.58. The fraction of sp³-hybridized carbons (Fsp3) is 0.238. The van der Waals surface area contributed by atoms with Crippen LogP contribution in [0.1, 0.15) is 24.4 Å². The molecule has 0 amide bonds. The molecule has 0 bridgehead atoms. The van der Waals surface area contributed by atoms with Crippen molar-refractivity contribution in [3.63, 3.8) is 0 Å². The summed E-state index contributed by atoms with van der Waals surface area (Å²) in [5.41, 5.74) is 1.56. The number of carbonyl (C=O) groups is 1. The number of benzene rings is 2. The number of nitrogens with zero attached hydrogens (tertiary/aromatic N) is 2. The van der Waals surface area contributed by atoms with E-state index in [1.807, 2.05) is 24.3 Å². The van der Waals surface area contributed by atoms with Crippen LogP contribution in [0.15, 0.2) is 67.5 Å². The van der Waals surface area contributed by atoms with Crippen LogP contribution in [0.25, 0.3) is 22.1 Å². The third-order valence-electron chi connectivity index (χ3n) is 4.71. The van der Waals surface area contributed by atoms with E-state index in [1.165, 1.54) is 16.4 Å². The second-order valence-electron chi connectivity index (χ2n) is 6.56. The Bertz CT molecular complexity index is 1290. The van der Waals surface area contributed by atoms with Gasteiger partial charge in [0.25, 0.3) is 5.22 Å². The van der Waals surface area contributed by atoms with E-state index in [0.29, 0.717) is 35.0 Å². The smallest absolute Gasteiger partial charge is 0.257 e. The molecular formula is C21H20N2O5S2. The summed E-state index contributed by atoms with van der Waals surface area (Å²) in [7, 11) is -3.58. The number of hydrogen-bond donors (Lipinski definition) is 0. The summed E-state index contributed by atoms with van der Waals surface area (Å²) < 4.78 is 38.0. The van der Waals surface area contributed by atoms with Gasteiger partial charge in [0, 0.05) is 18.5 Å². The minimum Gasteiger partial charge on any atom is -0.453 e. The van der Waals surface area contributed by atoms with E-state index in [1.54, 1.807) is 26.0 Å². The van der Waals surface area contributed by atoms with Crippen molar-refractivity contribution in [2.24, 2.45) is 0 Å². The molecule has 2 aromatic heterocycles. The van der Waals surface area contributed by atoms with E-state index in [0.717, 1.165) is 17.1 Å². The van der Waals surface area contributed by atoms with Crippen molar-refractivity contribution >= 4 is 49.6 Å². The quantitative estimate of drug-likeness (QED) is 0.290.